The standard InChI is InChI=1S/C16H23N3O2/c1-13-4-5-14(10-15(13)19(20)21)18-9-3-7-16(12-18)6-2-8-17-11-16/h4-5,10,17H,2-3,6-9,11-12H2,1H3. The molecule has 1 N–H and O–H groups in total. The van der Waals surface area contributed by atoms with Crippen LogP contribution in [0.3, 0.4) is 0 Å². The Hall–Kier alpha value is -1.62. The quantitative estimate of drug-likeness (QED) is 0.672. The normalized spacial score (nSPS) is 26.0. The highest BCUT2D eigenvalue weighted by molar-refractivity contribution is 5.57. The van der Waals surface area contributed by atoms with Gasteiger partial charge in [0.05, 0.1) is 4.92 Å². The molecule has 114 valence electrons. The average Bonchev–Trinajstić information content (AvgIpc) is 2.48. The van der Waals surface area contributed by atoms with Gasteiger partial charge in [-0.1, -0.05) is 6.07 Å². The van der Waals surface area contributed by atoms with Gasteiger partial charge in [-0.3, -0.25) is 10.1 Å². The fourth-order valence-electron chi connectivity index (χ4n) is 3.80. The summed E-state index contributed by atoms with van der Waals surface area (Å²) >= 11 is 0. The number of nitrogens with zero attached hydrogens (tertiary/aromatic N) is 2. The first-order valence-corrected chi connectivity index (χ1v) is 7.80. The largest absolute Gasteiger partial charge is 0.371 e. The Labute approximate surface area is 125 Å². The van der Waals surface area contributed by atoms with E-state index in [4.69, 9.17) is 0 Å². The van der Waals surface area contributed by atoms with Crippen molar-refractivity contribution >= 4 is 11.4 Å². The van der Waals surface area contributed by atoms with Gasteiger partial charge in [0.1, 0.15) is 0 Å². The Morgan fingerprint density at radius 3 is 2.86 bits per heavy atom. The second-order valence-corrected chi connectivity index (χ2v) is 6.53. The van der Waals surface area contributed by atoms with Crippen molar-refractivity contribution in [2.24, 2.45) is 5.41 Å². The lowest BCUT2D eigenvalue weighted by Gasteiger charge is -2.46. The van der Waals surface area contributed by atoms with Crippen molar-refractivity contribution in [1.29, 1.82) is 0 Å². The maximum atomic E-state index is 11.1. The van der Waals surface area contributed by atoms with Gasteiger partial charge in [-0.2, -0.15) is 0 Å². The number of hydrogen-bond donors (Lipinski definition) is 1. The predicted octanol–water partition coefficient (Wildman–Crippen LogP) is 2.87. The van der Waals surface area contributed by atoms with E-state index in [0.29, 0.717) is 5.41 Å². The zero-order chi connectivity index (χ0) is 14.9. The number of nitro groups is 1. The van der Waals surface area contributed by atoms with Crippen LogP contribution in [0.15, 0.2) is 18.2 Å². The molecule has 2 fully saturated rings. The molecular weight excluding hydrogens is 266 g/mol. The lowest BCUT2D eigenvalue weighted by atomic mass is 9.74. The van der Waals surface area contributed by atoms with Crippen molar-refractivity contribution in [3.05, 3.63) is 33.9 Å². The van der Waals surface area contributed by atoms with E-state index in [1.165, 1.54) is 25.7 Å². The van der Waals surface area contributed by atoms with E-state index in [1.807, 2.05) is 12.1 Å². The monoisotopic (exact) mass is 289 g/mol. The molecule has 21 heavy (non-hydrogen) atoms. The molecule has 3 rings (SSSR count). The molecule has 2 aliphatic heterocycles. The molecule has 2 saturated heterocycles. The Balaban J connectivity index is 1.83. The predicted molar refractivity (Wildman–Crippen MR) is 83.8 cm³/mol. The van der Waals surface area contributed by atoms with Crippen LogP contribution in [-0.2, 0) is 0 Å². The molecule has 1 spiro atoms. The summed E-state index contributed by atoms with van der Waals surface area (Å²) in [5, 5.41) is 14.7. The van der Waals surface area contributed by atoms with Gasteiger partial charge in [-0.05, 0) is 45.2 Å². The molecule has 0 bridgehead atoms. The molecular formula is C16H23N3O2. The summed E-state index contributed by atoms with van der Waals surface area (Å²) in [6, 6.07) is 5.64. The number of aryl methyl sites for hydroxylation is 1. The van der Waals surface area contributed by atoms with Crippen LogP contribution in [0.2, 0.25) is 0 Å². The number of anilines is 1. The molecule has 5 nitrogen and oxygen atoms in total. The maximum Gasteiger partial charge on any atom is 0.274 e. The summed E-state index contributed by atoms with van der Waals surface area (Å²) in [6.45, 7) is 6.02. The Bertz CT molecular complexity index is 533. The van der Waals surface area contributed by atoms with E-state index in [1.54, 1.807) is 13.0 Å². The summed E-state index contributed by atoms with van der Waals surface area (Å²) in [6.07, 6.45) is 4.94. The zero-order valence-corrected chi connectivity index (χ0v) is 12.6. The molecule has 2 aliphatic rings. The molecule has 0 radical (unpaired) electrons. The molecule has 0 aromatic heterocycles. The minimum Gasteiger partial charge on any atom is -0.371 e. The smallest absolute Gasteiger partial charge is 0.274 e. The van der Waals surface area contributed by atoms with E-state index in [-0.39, 0.29) is 10.6 Å². The van der Waals surface area contributed by atoms with Gasteiger partial charge >= 0.3 is 0 Å². The molecule has 1 unspecified atom stereocenters. The number of piperidine rings is 2. The first-order valence-electron chi connectivity index (χ1n) is 7.80. The molecule has 0 aliphatic carbocycles. The highest BCUT2D eigenvalue weighted by atomic mass is 16.6. The van der Waals surface area contributed by atoms with E-state index in [2.05, 4.69) is 10.2 Å². The first-order chi connectivity index (χ1) is 10.1. The zero-order valence-electron chi connectivity index (χ0n) is 12.6. The Kier molecular flexibility index (Phi) is 3.85. The highest BCUT2D eigenvalue weighted by Crippen LogP contribution is 2.38. The van der Waals surface area contributed by atoms with Gasteiger partial charge in [-0.15, -0.1) is 0 Å². The number of benzene rings is 1. The summed E-state index contributed by atoms with van der Waals surface area (Å²) in [5.74, 6) is 0. The van der Waals surface area contributed by atoms with Gasteiger partial charge in [-0.25, -0.2) is 0 Å². The van der Waals surface area contributed by atoms with Crippen molar-refractivity contribution in [2.75, 3.05) is 31.1 Å². The minimum absolute atomic E-state index is 0.230. The van der Waals surface area contributed by atoms with E-state index in [9.17, 15) is 10.1 Å². The van der Waals surface area contributed by atoms with Crippen molar-refractivity contribution in [2.45, 2.75) is 32.6 Å². The van der Waals surface area contributed by atoms with E-state index < -0.39 is 0 Å². The molecule has 0 saturated carbocycles. The van der Waals surface area contributed by atoms with Crippen LogP contribution in [0.5, 0.6) is 0 Å². The summed E-state index contributed by atoms with van der Waals surface area (Å²) in [5.41, 5.74) is 2.32. The topological polar surface area (TPSA) is 58.4 Å². The van der Waals surface area contributed by atoms with Crippen molar-refractivity contribution in [3.63, 3.8) is 0 Å². The van der Waals surface area contributed by atoms with Gasteiger partial charge in [0.25, 0.3) is 5.69 Å². The lowest BCUT2D eigenvalue weighted by Crippen LogP contribution is -2.51. The fourth-order valence-corrected chi connectivity index (χ4v) is 3.80. The molecule has 0 amide bonds. The fraction of sp³-hybridized carbons (Fsp3) is 0.625. The van der Waals surface area contributed by atoms with Gasteiger partial charge in [0.2, 0.25) is 0 Å². The van der Waals surface area contributed by atoms with E-state index >= 15 is 0 Å². The number of rotatable bonds is 2. The third kappa shape index (κ3) is 2.88. The summed E-state index contributed by atoms with van der Waals surface area (Å²) in [7, 11) is 0. The molecule has 1 aromatic carbocycles. The second-order valence-electron chi connectivity index (χ2n) is 6.53. The number of hydrogen-bond acceptors (Lipinski definition) is 4. The minimum atomic E-state index is -0.277. The first kappa shape index (κ1) is 14.3. The van der Waals surface area contributed by atoms with Gasteiger partial charge in [0, 0.05) is 42.4 Å². The van der Waals surface area contributed by atoms with Crippen molar-refractivity contribution < 1.29 is 4.92 Å². The van der Waals surface area contributed by atoms with Crippen LogP contribution < -0.4 is 10.2 Å². The van der Waals surface area contributed by atoms with Crippen LogP contribution >= 0.6 is 0 Å². The third-order valence-corrected chi connectivity index (χ3v) is 4.98. The summed E-state index contributed by atoms with van der Waals surface area (Å²) < 4.78 is 0. The van der Waals surface area contributed by atoms with Crippen molar-refractivity contribution in [3.8, 4) is 0 Å². The van der Waals surface area contributed by atoms with Crippen LogP contribution in [0.4, 0.5) is 11.4 Å². The van der Waals surface area contributed by atoms with Crippen LogP contribution in [0, 0.1) is 22.5 Å². The van der Waals surface area contributed by atoms with Crippen LogP contribution in [-0.4, -0.2) is 31.1 Å². The summed E-state index contributed by atoms with van der Waals surface area (Å²) in [4.78, 5) is 13.2. The van der Waals surface area contributed by atoms with E-state index in [0.717, 1.165) is 37.4 Å². The van der Waals surface area contributed by atoms with Crippen LogP contribution in [0.25, 0.3) is 0 Å². The van der Waals surface area contributed by atoms with Crippen LogP contribution in [0.1, 0.15) is 31.2 Å². The number of nitrogens with one attached hydrogen (secondary N) is 1. The molecule has 5 heteroatoms. The SMILES string of the molecule is Cc1ccc(N2CCCC3(CCCNC3)C2)cc1[N+](=O)[O-]. The second kappa shape index (κ2) is 5.64. The third-order valence-electron chi connectivity index (χ3n) is 4.98. The Morgan fingerprint density at radius 2 is 2.14 bits per heavy atom. The van der Waals surface area contributed by atoms with Crippen molar-refractivity contribution in [1.82, 2.24) is 5.32 Å². The van der Waals surface area contributed by atoms with Gasteiger partial charge < -0.3 is 10.2 Å². The highest BCUT2D eigenvalue weighted by Gasteiger charge is 2.36. The Morgan fingerprint density at radius 1 is 1.33 bits per heavy atom. The lowest BCUT2D eigenvalue weighted by molar-refractivity contribution is -0.385. The molecule has 1 atom stereocenters. The number of nitro benzene ring substituents is 1. The molecule has 2 heterocycles. The molecule has 1 aromatic rings. The average molecular weight is 289 g/mol. The maximum absolute atomic E-state index is 11.1. The van der Waals surface area contributed by atoms with Gasteiger partial charge in [0.15, 0.2) is 0 Å².